The number of rotatable bonds is 7. The molecule has 0 unspecified atom stereocenters. The number of hydrogen-bond donors (Lipinski definition) is 2. The average molecular weight is 569 g/mol. The van der Waals surface area contributed by atoms with Gasteiger partial charge in [0.25, 0.3) is 5.91 Å². The fourth-order valence-corrected chi connectivity index (χ4v) is 4.92. The van der Waals surface area contributed by atoms with Gasteiger partial charge in [-0.15, -0.1) is 11.3 Å². The zero-order chi connectivity index (χ0) is 28.3. The van der Waals surface area contributed by atoms with Gasteiger partial charge in [-0.25, -0.2) is 24.3 Å². The summed E-state index contributed by atoms with van der Waals surface area (Å²) in [5.74, 6) is 0.512. The first-order valence-electron chi connectivity index (χ1n) is 11.9. The Morgan fingerprint density at radius 3 is 2.73 bits per heavy atom. The number of pyridine rings is 1. The summed E-state index contributed by atoms with van der Waals surface area (Å²) in [7, 11) is 0. The lowest BCUT2D eigenvalue weighted by molar-refractivity contribution is -0.140. The molecule has 14 heteroatoms. The van der Waals surface area contributed by atoms with E-state index < -0.39 is 24.5 Å². The number of benzene rings is 1. The number of fused-ring (bicyclic) bond motifs is 1. The molecule has 1 aromatic carbocycles. The zero-order valence-corrected chi connectivity index (χ0v) is 21.5. The van der Waals surface area contributed by atoms with Crippen LogP contribution in [0.15, 0.2) is 48.2 Å². The Kier molecular flexibility index (Phi) is 7.56. The van der Waals surface area contributed by atoms with Crippen LogP contribution in [0.3, 0.4) is 0 Å². The van der Waals surface area contributed by atoms with Crippen molar-refractivity contribution < 1.29 is 22.4 Å². The Morgan fingerprint density at radius 2 is 2.02 bits per heavy atom. The first-order chi connectivity index (χ1) is 19.2. The van der Waals surface area contributed by atoms with Crippen LogP contribution in [0.4, 0.5) is 34.9 Å². The summed E-state index contributed by atoms with van der Waals surface area (Å²) in [4.78, 5) is 31.0. The maximum absolute atomic E-state index is 13.4. The summed E-state index contributed by atoms with van der Waals surface area (Å²) in [5, 5.41) is 15.9. The fraction of sp³-hybridized carbons (Fsp3) is 0.231. The summed E-state index contributed by atoms with van der Waals surface area (Å²) in [6.07, 6.45) is -1.14. The van der Waals surface area contributed by atoms with Crippen LogP contribution in [0.25, 0.3) is 0 Å². The smallest absolute Gasteiger partial charge is 0.365 e. The highest BCUT2D eigenvalue weighted by atomic mass is 32.1. The van der Waals surface area contributed by atoms with Crippen molar-refractivity contribution in [2.75, 3.05) is 16.8 Å². The number of alkyl halides is 4. The average Bonchev–Trinajstić information content (AvgIpc) is 3.46. The highest BCUT2D eigenvalue weighted by Crippen LogP contribution is 2.31. The minimum absolute atomic E-state index is 0.138. The lowest BCUT2D eigenvalue weighted by Crippen LogP contribution is -2.32. The van der Waals surface area contributed by atoms with Crippen LogP contribution in [0.2, 0.25) is 0 Å². The van der Waals surface area contributed by atoms with Gasteiger partial charge < -0.3 is 15.5 Å². The van der Waals surface area contributed by atoms with Crippen molar-refractivity contribution in [1.29, 1.82) is 5.26 Å². The number of nitrogens with one attached hydrogen (secondary N) is 2. The molecule has 2 N–H and O–H groups in total. The van der Waals surface area contributed by atoms with Crippen molar-refractivity contribution in [3.63, 3.8) is 0 Å². The standard InChI is InChI=1S/C26H20F4N8OS/c27-8-17-7-18(3-1-15(17)9-31)38-6-5-19-20(12-38)34-14-35-24(19)37-22-4-2-16(10-32-22)25(39)33-11-23-36-21(13-40-23)26(28,29)30/h1-4,7,10,13-14H,5-6,8,11-12H2,(H,33,39)(H,32,34,35,37). The van der Waals surface area contributed by atoms with Crippen molar-refractivity contribution in [1.82, 2.24) is 25.3 Å². The second-order valence-electron chi connectivity index (χ2n) is 8.77. The Hall–Kier alpha value is -4.64. The minimum atomic E-state index is -4.53. The maximum Gasteiger partial charge on any atom is 0.434 e. The number of hydrogen-bond acceptors (Lipinski definition) is 9. The molecular formula is C26H20F4N8OS. The summed E-state index contributed by atoms with van der Waals surface area (Å²) < 4.78 is 51.5. The summed E-state index contributed by atoms with van der Waals surface area (Å²) in [6, 6.07) is 10.2. The molecule has 0 saturated heterocycles. The molecule has 0 saturated carbocycles. The Balaban J connectivity index is 1.22. The molecule has 0 aliphatic carbocycles. The van der Waals surface area contributed by atoms with E-state index in [-0.39, 0.29) is 17.1 Å². The number of nitriles is 1. The van der Waals surface area contributed by atoms with Crippen LogP contribution in [-0.4, -0.2) is 32.4 Å². The number of carbonyl (C=O) groups excluding carboxylic acids is 1. The quantitative estimate of drug-likeness (QED) is 0.302. The van der Waals surface area contributed by atoms with E-state index in [4.69, 9.17) is 5.26 Å². The molecule has 0 atom stereocenters. The molecule has 3 aromatic heterocycles. The third-order valence-electron chi connectivity index (χ3n) is 6.24. The third kappa shape index (κ3) is 5.84. The van der Waals surface area contributed by atoms with Crippen LogP contribution < -0.4 is 15.5 Å². The summed E-state index contributed by atoms with van der Waals surface area (Å²) in [5.41, 5.74) is 2.40. The molecule has 9 nitrogen and oxygen atoms in total. The highest BCUT2D eigenvalue weighted by molar-refractivity contribution is 7.09. The number of carbonyl (C=O) groups is 1. The monoisotopic (exact) mass is 568 g/mol. The van der Waals surface area contributed by atoms with Crippen molar-refractivity contribution in [3.05, 3.63) is 86.9 Å². The van der Waals surface area contributed by atoms with Crippen molar-refractivity contribution in [2.45, 2.75) is 32.4 Å². The van der Waals surface area contributed by atoms with Gasteiger partial charge in [0, 0.05) is 34.9 Å². The maximum atomic E-state index is 13.4. The molecular weight excluding hydrogens is 548 g/mol. The van der Waals surface area contributed by atoms with E-state index in [9.17, 15) is 22.4 Å². The molecule has 1 amide bonds. The van der Waals surface area contributed by atoms with Crippen molar-refractivity contribution in [3.8, 4) is 6.07 Å². The molecule has 40 heavy (non-hydrogen) atoms. The molecule has 1 aliphatic heterocycles. The van der Waals surface area contributed by atoms with Crippen LogP contribution in [-0.2, 0) is 32.4 Å². The topological polar surface area (TPSA) is 120 Å². The molecule has 204 valence electrons. The normalized spacial score (nSPS) is 12.9. The third-order valence-corrected chi connectivity index (χ3v) is 7.09. The van der Waals surface area contributed by atoms with E-state index in [0.29, 0.717) is 42.3 Å². The number of halogens is 4. The number of thiazole rings is 1. The van der Waals surface area contributed by atoms with Crippen LogP contribution >= 0.6 is 11.3 Å². The highest BCUT2D eigenvalue weighted by Gasteiger charge is 2.33. The zero-order valence-electron chi connectivity index (χ0n) is 20.7. The van der Waals surface area contributed by atoms with E-state index >= 15 is 0 Å². The fourth-order valence-electron chi connectivity index (χ4n) is 4.18. The van der Waals surface area contributed by atoms with Gasteiger partial charge in [-0.3, -0.25) is 4.79 Å². The molecule has 0 radical (unpaired) electrons. The van der Waals surface area contributed by atoms with E-state index in [1.54, 1.807) is 24.3 Å². The SMILES string of the molecule is N#Cc1ccc(N2CCc3c(ncnc3Nc3ccc(C(=O)NCc4nc(C(F)(F)F)cs4)cn3)C2)cc1CF. The molecule has 5 rings (SSSR count). The number of nitrogens with zero attached hydrogens (tertiary/aromatic N) is 6. The van der Waals surface area contributed by atoms with E-state index in [1.165, 1.54) is 18.6 Å². The van der Waals surface area contributed by atoms with Gasteiger partial charge in [-0.1, -0.05) is 0 Å². The largest absolute Gasteiger partial charge is 0.434 e. The van der Waals surface area contributed by atoms with Gasteiger partial charge in [-0.2, -0.15) is 18.4 Å². The van der Waals surface area contributed by atoms with Gasteiger partial charge in [-0.05, 0) is 36.8 Å². The van der Waals surface area contributed by atoms with Crippen molar-refractivity contribution >= 4 is 34.6 Å². The van der Waals surface area contributed by atoms with Crippen LogP contribution in [0.5, 0.6) is 0 Å². The molecule has 1 aliphatic rings. The van der Waals surface area contributed by atoms with E-state index in [1.807, 2.05) is 6.07 Å². The van der Waals surface area contributed by atoms with Gasteiger partial charge in [0.05, 0.1) is 36.0 Å². The number of aromatic nitrogens is 4. The second kappa shape index (κ2) is 11.2. The van der Waals surface area contributed by atoms with Gasteiger partial charge >= 0.3 is 6.18 Å². The molecule has 0 bridgehead atoms. The van der Waals surface area contributed by atoms with Gasteiger partial charge in [0.15, 0.2) is 5.69 Å². The predicted octanol–water partition coefficient (Wildman–Crippen LogP) is 4.92. The van der Waals surface area contributed by atoms with E-state index in [2.05, 4.69) is 35.5 Å². The van der Waals surface area contributed by atoms with E-state index in [0.717, 1.165) is 33.7 Å². The van der Waals surface area contributed by atoms with Crippen LogP contribution in [0.1, 0.15) is 43.4 Å². The number of amides is 1. The second-order valence-corrected chi connectivity index (χ2v) is 9.71. The Morgan fingerprint density at radius 1 is 1.18 bits per heavy atom. The van der Waals surface area contributed by atoms with Gasteiger partial charge in [0.2, 0.25) is 0 Å². The lowest BCUT2D eigenvalue weighted by atomic mass is 10.0. The molecule has 0 fully saturated rings. The Bertz CT molecular complexity index is 1580. The van der Waals surface area contributed by atoms with Crippen molar-refractivity contribution in [2.24, 2.45) is 0 Å². The summed E-state index contributed by atoms with van der Waals surface area (Å²) >= 11 is 0.817. The lowest BCUT2D eigenvalue weighted by Gasteiger charge is -2.31. The first-order valence-corrected chi connectivity index (χ1v) is 12.8. The minimum Gasteiger partial charge on any atom is -0.365 e. The molecule has 4 heterocycles. The van der Waals surface area contributed by atoms with Crippen LogP contribution in [0, 0.1) is 11.3 Å². The summed E-state index contributed by atoms with van der Waals surface area (Å²) in [6.45, 7) is 0.240. The predicted molar refractivity (Wildman–Crippen MR) is 139 cm³/mol. The number of anilines is 3. The first kappa shape index (κ1) is 26.9. The molecule has 0 spiro atoms. The van der Waals surface area contributed by atoms with Gasteiger partial charge in [0.1, 0.15) is 29.6 Å². The molecule has 4 aromatic rings. The Labute approximate surface area is 229 Å².